The van der Waals surface area contributed by atoms with Crippen molar-refractivity contribution in [2.45, 2.75) is 44.6 Å². The molecule has 5 rings (SSSR count). The number of carbonyl (C=O) groups is 3. The van der Waals surface area contributed by atoms with Gasteiger partial charge in [-0.3, -0.25) is 9.59 Å². The van der Waals surface area contributed by atoms with Crippen molar-refractivity contribution in [3.63, 3.8) is 0 Å². The van der Waals surface area contributed by atoms with Gasteiger partial charge in [0.2, 0.25) is 0 Å². The van der Waals surface area contributed by atoms with Crippen LogP contribution in [0.25, 0.3) is 11.0 Å². The van der Waals surface area contributed by atoms with Crippen molar-refractivity contribution in [2.75, 3.05) is 29.6 Å². The number of thioether (sulfide) groups is 1. The van der Waals surface area contributed by atoms with E-state index in [-0.39, 0.29) is 17.2 Å². The Kier molecular flexibility index (Phi) is 7.77. The molecule has 2 heterocycles. The minimum absolute atomic E-state index is 0.155. The summed E-state index contributed by atoms with van der Waals surface area (Å²) in [7, 11) is 1.46. The van der Waals surface area contributed by atoms with Crippen molar-refractivity contribution in [3.8, 4) is 5.75 Å². The Hall–Kier alpha value is -4.31. The van der Waals surface area contributed by atoms with Crippen LogP contribution in [0, 0.1) is 6.92 Å². The summed E-state index contributed by atoms with van der Waals surface area (Å²) in [6.45, 7) is 7.69. The number of methoxy groups -OCH3 is 1. The van der Waals surface area contributed by atoms with Gasteiger partial charge in [0.05, 0.1) is 29.6 Å². The van der Waals surface area contributed by atoms with Gasteiger partial charge in [0, 0.05) is 17.0 Å². The zero-order valence-corrected chi connectivity index (χ0v) is 24.5. The van der Waals surface area contributed by atoms with E-state index in [9.17, 15) is 14.4 Å². The number of para-hydroxylation sites is 2. The first-order valence-corrected chi connectivity index (χ1v) is 14.3. The Labute approximate surface area is 242 Å². The quantitative estimate of drug-likeness (QED) is 0.297. The Bertz CT molecular complexity index is 1660. The highest BCUT2D eigenvalue weighted by molar-refractivity contribution is 7.99. The molecule has 0 saturated heterocycles. The van der Waals surface area contributed by atoms with E-state index in [0.717, 1.165) is 22.8 Å². The number of rotatable bonds is 4. The van der Waals surface area contributed by atoms with Crippen molar-refractivity contribution >= 4 is 52.1 Å². The van der Waals surface area contributed by atoms with E-state index in [4.69, 9.17) is 9.47 Å². The smallest absolute Gasteiger partial charge is 0.420 e. The zero-order chi connectivity index (χ0) is 29.3. The molecule has 0 atom stereocenters. The molecule has 0 aliphatic carbocycles. The van der Waals surface area contributed by atoms with E-state index in [0.29, 0.717) is 34.7 Å². The number of aryl methyl sites for hydroxylation is 1. The number of nitrogens with one attached hydrogen (secondary N) is 1. The lowest BCUT2D eigenvalue weighted by Gasteiger charge is -2.23. The molecular formula is C31H32N4O5S. The number of benzene rings is 3. The van der Waals surface area contributed by atoms with Gasteiger partial charge in [0.25, 0.3) is 11.8 Å². The van der Waals surface area contributed by atoms with Crippen molar-refractivity contribution in [2.24, 2.45) is 0 Å². The predicted molar refractivity (Wildman–Crippen MR) is 161 cm³/mol. The molecule has 4 aromatic rings. The van der Waals surface area contributed by atoms with Gasteiger partial charge in [-0.1, -0.05) is 18.2 Å². The van der Waals surface area contributed by atoms with Crippen LogP contribution in [0.2, 0.25) is 0 Å². The van der Waals surface area contributed by atoms with E-state index >= 15 is 0 Å². The molecule has 0 bridgehead atoms. The van der Waals surface area contributed by atoms with Gasteiger partial charge in [0.1, 0.15) is 22.7 Å². The highest BCUT2D eigenvalue weighted by atomic mass is 32.2. The SMILES string of the molecule is COc1cc(C(=O)N2CCCSc3ccccc32)ccc1C(=O)Nc1cccc2c1nc(C)n2C(=O)OC(C)(C)C. The first-order valence-electron chi connectivity index (χ1n) is 13.3. The first-order chi connectivity index (χ1) is 19.6. The molecule has 1 aliphatic rings. The third-order valence-electron chi connectivity index (χ3n) is 6.56. The summed E-state index contributed by atoms with van der Waals surface area (Å²) >= 11 is 1.74. The normalized spacial score (nSPS) is 13.3. The van der Waals surface area contributed by atoms with Crippen LogP contribution < -0.4 is 15.0 Å². The van der Waals surface area contributed by atoms with E-state index < -0.39 is 17.6 Å². The number of imidazole rings is 1. The number of aromatic nitrogens is 2. The van der Waals surface area contributed by atoms with Crippen molar-refractivity contribution in [1.82, 2.24) is 9.55 Å². The standard InChI is InChI=1S/C31H32N4O5S/c1-19-32-27-22(10-8-12-24(27)35(19)30(38)40-31(2,3)4)33-28(36)21-15-14-20(18-25(21)39-5)29(37)34-16-9-17-41-26-13-7-6-11-23(26)34/h6-8,10-15,18H,9,16-17H2,1-5H3,(H,33,36). The Balaban J connectivity index is 1.42. The fraction of sp³-hybridized carbons (Fsp3) is 0.290. The van der Waals surface area contributed by atoms with Gasteiger partial charge in [-0.15, -0.1) is 11.8 Å². The van der Waals surface area contributed by atoms with E-state index in [1.54, 1.807) is 80.8 Å². The summed E-state index contributed by atoms with van der Waals surface area (Å²) in [6, 6.07) is 17.9. The predicted octanol–water partition coefficient (Wildman–Crippen LogP) is 6.53. The number of fused-ring (bicyclic) bond motifs is 2. The summed E-state index contributed by atoms with van der Waals surface area (Å²) in [5.41, 5.74) is 2.29. The lowest BCUT2D eigenvalue weighted by atomic mass is 10.1. The molecule has 0 fully saturated rings. The summed E-state index contributed by atoms with van der Waals surface area (Å²) in [5, 5.41) is 2.89. The van der Waals surface area contributed by atoms with Gasteiger partial charge < -0.3 is 19.7 Å². The largest absolute Gasteiger partial charge is 0.496 e. The lowest BCUT2D eigenvalue weighted by molar-refractivity contribution is 0.0540. The first kappa shape index (κ1) is 28.2. The molecule has 41 heavy (non-hydrogen) atoms. The van der Waals surface area contributed by atoms with Crippen LogP contribution in [-0.4, -0.2) is 52.5 Å². The molecule has 0 spiro atoms. The highest BCUT2D eigenvalue weighted by Gasteiger charge is 2.26. The Morgan fingerprint density at radius 3 is 2.56 bits per heavy atom. The molecule has 1 N–H and O–H groups in total. The Morgan fingerprint density at radius 1 is 1.02 bits per heavy atom. The minimum Gasteiger partial charge on any atom is -0.496 e. The minimum atomic E-state index is -0.675. The maximum Gasteiger partial charge on any atom is 0.420 e. The van der Waals surface area contributed by atoms with E-state index in [2.05, 4.69) is 10.3 Å². The third kappa shape index (κ3) is 5.78. The van der Waals surface area contributed by atoms with E-state index in [1.165, 1.54) is 11.7 Å². The summed E-state index contributed by atoms with van der Waals surface area (Å²) in [6.07, 6.45) is 0.325. The molecule has 3 aromatic carbocycles. The van der Waals surface area contributed by atoms with Gasteiger partial charge in [-0.25, -0.2) is 14.3 Å². The number of nitrogens with zero attached hydrogens (tertiary/aromatic N) is 3. The average Bonchev–Trinajstić information content (AvgIpc) is 3.13. The molecule has 1 aromatic heterocycles. The summed E-state index contributed by atoms with van der Waals surface area (Å²) < 4.78 is 12.5. The topological polar surface area (TPSA) is 103 Å². The molecule has 9 nitrogen and oxygen atoms in total. The second-order valence-corrected chi connectivity index (χ2v) is 11.8. The third-order valence-corrected chi connectivity index (χ3v) is 7.70. The highest BCUT2D eigenvalue weighted by Crippen LogP contribution is 2.35. The summed E-state index contributed by atoms with van der Waals surface area (Å²) in [4.78, 5) is 47.3. The maximum absolute atomic E-state index is 13.6. The monoisotopic (exact) mass is 572 g/mol. The van der Waals surface area contributed by atoms with Gasteiger partial charge in [0.15, 0.2) is 0 Å². The molecule has 0 saturated carbocycles. The van der Waals surface area contributed by atoms with Crippen LogP contribution in [0.3, 0.4) is 0 Å². The van der Waals surface area contributed by atoms with Crippen molar-refractivity contribution in [3.05, 3.63) is 77.6 Å². The van der Waals surface area contributed by atoms with Gasteiger partial charge >= 0.3 is 6.09 Å². The van der Waals surface area contributed by atoms with Crippen molar-refractivity contribution < 1.29 is 23.9 Å². The number of hydrogen-bond acceptors (Lipinski definition) is 7. The van der Waals surface area contributed by atoms with Crippen LogP contribution in [0.5, 0.6) is 5.75 Å². The second kappa shape index (κ2) is 11.3. The van der Waals surface area contributed by atoms with Crippen molar-refractivity contribution in [1.29, 1.82) is 0 Å². The molecule has 1 aliphatic heterocycles. The number of amides is 2. The molecule has 0 unspecified atom stereocenters. The van der Waals surface area contributed by atoms with Gasteiger partial charge in [-0.05, 0) is 82.3 Å². The van der Waals surface area contributed by atoms with Crippen LogP contribution >= 0.6 is 11.8 Å². The fourth-order valence-corrected chi connectivity index (χ4v) is 5.74. The number of ether oxygens (including phenoxy) is 2. The van der Waals surface area contributed by atoms with Gasteiger partial charge in [-0.2, -0.15) is 0 Å². The second-order valence-electron chi connectivity index (χ2n) is 10.6. The Morgan fingerprint density at radius 2 is 1.80 bits per heavy atom. The van der Waals surface area contributed by atoms with E-state index in [1.807, 2.05) is 24.3 Å². The summed E-state index contributed by atoms with van der Waals surface area (Å²) in [5.74, 6) is 1.05. The van der Waals surface area contributed by atoms with Crippen LogP contribution in [0.15, 0.2) is 65.6 Å². The zero-order valence-electron chi connectivity index (χ0n) is 23.7. The molecule has 10 heteroatoms. The molecule has 0 radical (unpaired) electrons. The fourth-order valence-electron chi connectivity index (χ4n) is 4.75. The van der Waals surface area contributed by atoms with Crippen LogP contribution in [-0.2, 0) is 4.74 Å². The van der Waals surface area contributed by atoms with Crippen LogP contribution in [0.4, 0.5) is 16.2 Å². The lowest BCUT2D eigenvalue weighted by Crippen LogP contribution is -2.32. The molecule has 2 amide bonds. The maximum atomic E-state index is 13.6. The number of anilines is 2. The van der Waals surface area contributed by atoms with Crippen LogP contribution in [0.1, 0.15) is 53.7 Å². The average molecular weight is 573 g/mol. The number of hydrogen-bond donors (Lipinski definition) is 1. The molecule has 212 valence electrons. The molecular weight excluding hydrogens is 540 g/mol. The number of carbonyl (C=O) groups excluding carboxylic acids is 3.